The molecule has 0 aliphatic carbocycles. The van der Waals surface area contributed by atoms with Crippen molar-refractivity contribution in [3.8, 4) is 0 Å². The molecule has 3 aromatic heterocycles. The van der Waals surface area contributed by atoms with E-state index in [1.807, 2.05) is 38.1 Å². The molecule has 0 saturated carbocycles. The van der Waals surface area contributed by atoms with Crippen LogP contribution in [0.3, 0.4) is 0 Å². The molecular formula is C20H17ClN4O2S. The summed E-state index contributed by atoms with van der Waals surface area (Å²) in [6.07, 6.45) is 3.99. The van der Waals surface area contributed by atoms with Crippen molar-refractivity contribution in [2.45, 2.75) is 26.2 Å². The first-order chi connectivity index (χ1) is 13.5. The molecule has 4 aromatic rings. The maximum absolute atomic E-state index is 12.6. The summed E-state index contributed by atoms with van der Waals surface area (Å²) in [5, 5.41) is 8.88. The molecule has 0 unspecified atom stereocenters. The fourth-order valence-corrected chi connectivity index (χ4v) is 3.78. The number of rotatable bonds is 5. The zero-order chi connectivity index (χ0) is 19.7. The zero-order valence-corrected chi connectivity index (χ0v) is 16.8. The third-order valence-electron chi connectivity index (χ3n) is 4.23. The number of fused-ring (bicyclic) bond motifs is 1. The van der Waals surface area contributed by atoms with Gasteiger partial charge in [0.2, 0.25) is 0 Å². The molecule has 0 radical (unpaired) electrons. The second-order valence-corrected chi connectivity index (χ2v) is 8.24. The van der Waals surface area contributed by atoms with Gasteiger partial charge >= 0.3 is 0 Å². The first-order valence-electron chi connectivity index (χ1n) is 8.75. The normalized spacial score (nSPS) is 11.3. The molecule has 0 aliphatic heterocycles. The smallest absolute Gasteiger partial charge is 0.259 e. The highest BCUT2D eigenvalue weighted by Crippen LogP contribution is 2.25. The number of pyridine rings is 1. The van der Waals surface area contributed by atoms with Crippen LogP contribution in [0.15, 0.2) is 47.2 Å². The van der Waals surface area contributed by atoms with E-state index in [1.165, 1.54) is 17.5 Å². The van der Waals surface area contributed by atoms with Crippen LogP contribution in [0.25, 0.3) is 11.1 Å². The third kappa shape index (κ3) is 3.90. The number of nitrogens with one attached hydrogen (secondary N) is 1. The Balaban J connectivity index is 1.49. The minimum atomic E-state index is -0.266. The van der Waals surface area contributed by atoms with Crippen molar-refractivity contribution < 1.29 is 9.32 Å². The van der Waals surface area contributed by atoms with Gasteiger partial charge in [-0.15, -0.1) is 11.3 Å². The maximum atomic E-state index is 12.6. The molecule has 3 heterocycles. The summed E-state index contributed by atoms with van der Waals surface area (Å²) in [5.41, 5.74) is 2.79. The number of benzene rings is 1. The highest BCUT2D eigenvalue weighted by molar-refractivity contribution is 7.15. The van der Waals surface area contributed by atoms with Gasteiger partial charge in [0.1, 0.15) is 0 Å². The van der Waals surface area contributed by atoms with Gasteiger partial charge in [0, 0.05) is 28.7 Å². The van der Waals surface area contributed by atoms with E-state index in [0.717, 1.165) is 27.9 Å². The van der Waals surface area contributed by atoms with Crippen LogP contribution < -0.4 is 5.32 Å². The molecule has 0 bridgehead atoms. The van der Waals surface area contributed by atoms with Crippen LogP contribution in [0, 0.1) is 0 Å². The van der Waals surface area contributed by atoms with Crippen molar-refractivity contribution in [3.05, 3.63) is 69.4 Å². The summed E-state index contributed by atoms with van der Waals surface area (Å²) in [4.78, 5) is 22.2. The molecule has 0 saturated heterocycles. The molecule has 0 spiro atoms. The van der Waals surface area contributed by atoms with Crippen LogP contribution in [0.1, 0.15) is 46.3 Å². The fourth-order valence-electron chi connectivity index (χ4n) is 2.81. The van der Waals surface area contributed by atoms with Gasteiger partial charge in [0.25, 0.3) is 11.6 Å². The number of thiazole rings is 1. The third-order valence-corrected chi connectivity index (χ3v) is 5.40. The van der Waals surface area contributed by atoms with Gasteiger partial charge in [-0.1, -0.05) is 42.7 Å². The lowest BCUT2D eigenvalue weighted by molar-refractivity contribution is 0.102. The van der Waals surface area contributed by atoms with Gasteiger partial charge in [0.05, 0.1) is 16.6 Å². The van der Waals surface area contributed by atoms with Crippen molar-refractivity contribution in [1.29, 1.82) is 0 Å². The van der Waals surface area contributed by atoms with E-state index in [-0.39, 0.29) is 11.8 Å². The van der Waals surface area contributed by atoms with Crippen LogP contribution in [-0.4, -0.2) is 21.0 Å². The minimum Gasteiger partial charge on any atom is -0.336 e. The molecule has 4 rings (SSSR count). The second kappa shape index (κ2) is 7.69. The monoisotopic (exact) mass is 412 g/mol. The summed E-state index contributed by atoms with van der Waals surface area (Å²) < 4.78 is 5.22. The number of aromatic nitrogens is 3. The van der Waals surface area contributed by atoms with E-state index < -0.39 is 0 Å². The Morgan fingerprint density at radius 3 is 2.75 bits per heavy atom. The van der Waals surface area contributed by atoms with E-state index in [0.29, 0.717) is 21.4 Å². The Bertz CT molecular complexity index is 1130. The van der Waals surface area contributed by atoms with Crippen molar-refractivity contribution in [2.24, 2.45) is 0 Å². The Morgan fingerprint density at radius 2 is 2.00 bits per heavy atom. The average Bonchev–Trinajstić information content (AvgIpc) is 3.29. The Labute approximate surface area is 170 Å². The topological polar surface area (TPSA) is 80.9 Å². The van der Waals surface area contributed by atoms with E-state index in [9.17, 15) is 4.79 Å². The lowest BCUT2D eigenvalue weighted by Crippen LogP contribution is -2.11. The largest absolute Gasteiger partial charge is 0.336 e. The number of amides is 1. The number of hydrogen-bond donors (Lipinski definition) is 1. The standard InChI is InChI=1S/C20H17ClN4O2S/c1-11(2)17-16-8-13(9-22-19(16)27-25-17)18(26)24-20-23-10-15(28-20)7-12-3-5-14(21)6-4-12/h3-6,8-11H,7H2,1-2H3,(H,23,24,26). The predicted molar refractivity (Wildman–Crippen MR) is 110 cm³/mol. The Hall–Kier alpha value is -2.77. The Kier molecular flexibility index (Phi) is 5.11. The van der Waals surface area contributed by atoms with E-state index in [1.54, 1.807) is 12.3 Å². The van der Waals surface area contributed by atoms with Gasteiger partial charge in [-0.05, 0) is 29.7 Å². The number of carbonyl (C=O) groups is 1. The van der Waals surface area contributed by atoms with E-state index in [2.05, 4.69) is 20.4 Å². The minimum absolute atomic E-state index is 0.177. The molecule has 1 amide bonds. The lowest BCUT2D eigenvalue weighted by Gasteiger charge is -2.02. The second-order valence-electron chi connectivity index (χ2n) is 6.69. The first-order valence-corrected chi connectivity index (χ1v) is 9.95. The van der Waals surface area contributed by atoms with Gasteiger partial charge < -0.3 is 4.52 Å². The molecular weight excluding hydrogens is 396 g/mol. The Morgan fingerprint density at radius 1 is 1.21 bits per heavy atom. The van der Waals surface area contributed by atoms with Gasteiger partial charge in [0.15, 0.2) is 5.13 Å². The zero-order valence-electron chi connectivity index (χ0n) is 15.3. The van der Waals surface area contributed by atoms with Crippen molar-refractivity contribution in [3.63, 3.8) is 0 Å². The van der Waals surface area contributed by atoms with Crippen molar-refractivity contribution in [2.75, 3.05) is 5.32 Å². The number of halogens is 1. The molecule has 1 N–H and O–H groups in total. The number of carbonyl (C=O) groups excluding carboxylic acids is 1. The van der Waals surface area contributed by atoms with E-state index in [4.69, 9.17) is 16.1 Å². The van der Waals surface area contributed by atoms with Gasteiger partial charge in [-0.3, -0.25) is 10.1 Å². The molecule has 0 aliphatic rings. The molecule has 8 heteroatoms. The van der Waals surface area contributed by atoms with Crippen molar-refractivity contribution >= 4 is 45.1 Å². The summed E-state index contributed by atoms with van der Waals surface area (Å²) in [6, 6.07) is 9.43. The molecule has 1 aromatic carbocycles. The van der Waals surface area contributed by atoms with Crippen LogP contribution in [0.2, 0.25) is 5.02 Å². The summed E-state index contributed by atoms with van der Waals surface area (Å²) in [6.45, 7) is 4.03. The summed E-state index contributed by atoms with van der Waals surface area (Å²) in [5.74, 6) is -0.0894. The molecule has 28 heavy (non-hydrogen) atoms. The molecule has 0 atom stereocenters. The summed E-state index contributed by atoms with van der Waals surface area (Å²) >= 11 is 7.36. The molecule has 6 nitrogen and oxygen atoms in total. The first kappa shape index (κ1) is 18.6. The highest BCUT2D eigenvalue weighted by Gasteiger charge is 2.16. The SMILES string of the molecule is CC(C)c1noc2ncc(C(=O)Nc3ncc(Cc4ccc(Cl)cc4)s3)cc12. The fraction of sp³-hybridized carbons (Fsp3) is 0.200. The lowest BCUT2D eigenvalue weighted by atomic mass is 10.1. The maximum Gasteiger partial charge on any atom is 0.259 e. The van der Waals surface area contributed by atoms with Crippen LogP contribution in [0.5, 0.6) is 0 Å². The van der Waals surface area contributed by atoms with Crippen LogP contribution in [0.4, 0.5) is 5.13 Å². The predicted octanol–water partition coefficient (Wildman–Crippen LogP) is 5.30. The van der Waals surface area contributed by atoms with Crippen LogP contribution >= 0.6 is 22.9 Å². The van der Waals surface area contributed by atoms with E-state index >= 15 is 0 Å². The molecule has 142 valence electrons. The van der Waals surface area contributed by atoms with Gasteiger partial charge in [-0.2, -0.15) is 0 Å². The number of hydrogen-bond acceptors (Lipinski definition) is 6. The van der Waals surface area contributed by atoms with Crippen molar-refractivity contribution in [1.82, 2.24) is 15.1 Å². The summed E-state index contributed by atoms with van der Waals surface area (Å²) in [7, 11) is 0. The highest BCUT2D eigenvalue weighted by atomic mass is 35.5. The molecule has 0 fully saturated rings. The van der Waals surface area contributed by atoms with Gasteiger partial charge in [-0.25, -0.2) is 9.97 Å². The number of anilines is 1. The quantitative estimate of drug-likeness (QED) is 0.481. The number of nitrogens with zero attached hydrogens (tertiary/aromatic N) is 3. The average molecular weight is 413 g/mol. The van der Waals surface area contributed by atoms with Crippen LogP contribution in [-0.2, 0) is 6.42 Å².